The second-order valence-corrected chi connectivity index (χ2v) is 5.59. The molecule has 0 aliphatic rings. The second kappa shape index (κ2) is 6.42. The first-order valence-electron chi connectivity index (χ1n) is 7.06. The van der Waals surface area contributed by atoms with Gasteiger partial charge in [-0.25, -0.2) is 0 Å². The number of anilines is 1. The van der Waals surface area contributed by atoms with Crippen LogP contribution < -0.4 is 5.32 Å². The average Bonchev–Trinajstić information content (AvgIpc) is 2.98. The lowest BCUT2D eigenvalue weighted by molar-refractivity contribution is 0.0955. The molecule has 0 aliphatic heterocycles. The summed E-state index contributed by atoms with van der Waals surface area (Å²) in [4.78, 5) is 15.4. The van der Waals surface area contributed by atoms with Gasteiger partial charge >= 0.3 is 0 Å². The van der Waals surface area contributed by atoms with E-state index in [-0.39, 0.29) is 5.91 Å². The normalized spacial score (nSPS) is 12.3. The number of benzene rings is 2. The number of fused-ring (bicyclic) bond motifs is 1. The molecule has 0 fully saturated rings. The van der Waals surface area contributed by atoms with Gasteiger partial charge < -0.3 is 20.5 Å². The summed E-state index contributed by atoms with van der Waals surface area (Å²) in [7, 11) is 0. The van der Waals surface area contributed by atoms with Crippen LogP contribution in [0.2, 0.25) is 5.02 Å². The molecule has 1 atom stereocenters. The van der Waals surface area contributed by atoms with Crippen LogP contribution in [0.25, 0.3) is 10.9 Å². The van der Waals surface area contributed by atoms with E-state index in [1.165, 1.54) is 0 Å². The number of hydrogen-bond acceptors (Lipinski definition) is 3. The molecule has 5 nitrogen and oxygen atoms in total. The zero-order valence-electron chi connectivity index (χ0n) is 12.1. The average molecular weight is 331 g/mol. The summed E-state index contributed by atoms with van der Waals surface area (Å²) in [6.07, 6.45) is -1.05. The molecular formula is C17H15ClN2O3. The smallest absolute Gasteiger partial charge is 0.272 e. The van der Waals surface area contributed by atoms with E-state index in [0.717, 1.165) is 10.9 Å². The van der Waals surface area contributed by atoms with Crippen molar-refractivity contribution in [1.82, 2.24) is 4.98 Å². The number of amides is 1. The maximum absolute atomic E-state index is 12.4. The zero-order chi connectivity index (χ0) is 16.4. The Labute approximate surface area is 137 Å². The molecule has 1 amide bonds. The molecule has 0 radical (unpaired) electrons. The van der Waals surface area contributed by atoms with Gasteiger partial charge in [0.05, 0.1) is 6.61 Å². The highest BCUT2D eigenvalue weighted by Crippen LogP contribution is 2.24. The van der Waals surface area contributed by atoms with Crippen LogP contribution in [-0.4, -0.2) is 27.7 Å². The quantitative estimate of drug-likeness (QED) is 0.593. The van der Waals surface area contributed by atoms with Crippen LogP contribution in [0, 0.1) is 0 Å². The first-order valence-corrected chi connectivity index (χ1v) is 7.44. The highest BCUT2D eigenvalue weighted by atomic mass is 35.5. The maximum atomic E-state index is 12.4. The Morgan fingerprint density at radius 2 is 2.00 bits per heavy atom. The van der Waals surface area contributed by atoms with Gasteiger partial charge in [0.25, 0.3) is 5.91 Å². The molecule has 1 heterocycles. The summed E-state index contributed by atoms with van der Waals surface area (Å²) in [6.45, 7) is -0.419. The summed E-state index contributed by atoms with van der Waals surface area (Å²) in [6, 6.07) is 13.8. The van der Waals surface area contributed by atoms with Gasteiger partial charge in [-0.05, 0) is 30.3 Å². The van der Waals surface area contributed by atoms with Crippen molar-refractivity contribution in [2.75, 3.05) is 11.9 Å². The van der Waals surface area contributed by atoms with E-state index < -0.39 is 12.7 Å². The number of hydrogen-bond donors (Lipinski definition) is 4. The number of carbonyl (C=O) groups is 1. The SMILES string of the molecule is O=C(Nc1ccccc1C(O)CO)c1cc2cc(Cl)ccc2[nH]1. The number of nitrogens with one attached hydrogen (secondary N) is 2. The molecule has 0 saturated heterocycles. The molecule has 23 heavy (non-hydrogen) atoms. The predicted octanol–water partition coefficient (Wildman–Crippen LogP) is 3.10. The number of para-hydroxylation sites is 1. The van der Waals surface area contributed by atoms with Gasteiger partial charge in [0.2, 0.25) is 0 Å². The van der Waals surface area contributed by atoms with Crippen LogP contribution in [-0.2, 0) is 0 Å². The van der Waals surface area contributed by atoms with Crippen molar-refractivity contribution in [1.29, 1.82) is 0 Å². The van der Waals surface area contributed by atoms with Crippen molar-refractivity contribution in [3.8, 4) is 0 Å². The van der Waals surface area contributed by atoms with Gasteiger partial charge in [-0.1, -0.05) is 29.8 Å². The Kier molecular flexibility index (Phi) is 4.34. The lowest BCUT2D eigenvalue weighted by Gasteiger charge is -2.13. The van der Waals surface area contributed by atoms with E-state index in [1.807, 2.05) is 0 Å². The molecule has 1 unspecified atom stereocenters. The molecule has 3 aromatic rings. The lowest BCUT2D eigenvalue weighted by Crippen LogP contribution is -2.15. The third-order valence-electron chi connectivity index (χ3n) is 3.57. The van der Waals surface area contributed by atoms with Crippen LogP contribution in [0.4, 0.5) is 5.69 Å². The maximum Gasteiger partial charge on any atom is 0.272 e. The van der Waals surface area contributed by atoms with Crippen molar-refractivity contribution in [3.63, 3.8) is 0 Å². The number of aliphatic hydroxyl groups is 2. The highest BCUT2D eigenvalue weighted by molar-refractivity contribution is 6.31. The van der Waals surface area contributed by atoms with E-state index >= 15 is 0 Å². The third kappa shape index (κ3) is 3.22. The first kappa shape index (κ1) is 15.6. The van der Waals surface area contributed by atoms with Crippen LogP contribution in [0.3, 0.4) is 0 Å². The van der Waals surface area contributed by atoms with Crippen molar-refractivity contribution < 1.29 is 15.0 Å². The number of H-pyrrole nitrogens is 1. The summed E-state index contributed by atoms with van der Waals surface area (Å²) >= 11 is 5.94. The number of carbonyl (C=O) groups excluding carboxylic acids is 1. The standard InChI is InChI=1S/C17H15ClN2O3/c18-11-5-6-13-10(7-11)8-15(19-13)17(23)20-14-4-2-1-3-12(14)16(22)9-21/h1-8,16,19,21-22H,9H2,(H,20,23). The van der Waals surface area contributed by atoms with E-state index in [1.54, 1.807) is 48.5 Å². The Balaban J connectivity index is 1.89. The van der Waals surface area contributed by atoms with Gasteiger partial charge in [-0.3, -0.25) is 4.79 Å². The minimum absolute atomic E-state index is 0.338. The molecule has 0 spiro atoms. The highest BCUT2D eigenvalue weighted by Gasteiger charge is 2.15. The van der Waals surface area contributed by atoms with Crippen LogP contribution in [0.1, 0.15) is 22.2 Å². The molecule has 0 saturated carbocycles. The van der Waals surface area contributed by atoms with Crippen molar-refractivity contribution in [3.05, 3.63) is 64.8 Å². The number of halogens is 1. The van der Waals surface area contributed by atoms with E-state index in [0.29, 0.717) is 22.0 Å². The van der Waals surface area contributed by atoms with Gasteiger partial charge in [-0.2, -0.15) is 0 Å². The molecule has 4 N–H and O–H groups in total. The van der Waals surface area contributed by atoms with E-state index in [2.05, 4.69) is 10.3 Å². The molecule has 2 aromatic carbocycles. The summed E-state index contributed by atoms with van der Waals surface area (Å²) in [5.41, 5.74) is 2.11. The predicted molar refractivity (Wildman–Crippen MR) is 89.7 cm³/mol. The van der Waals surface area contributed by atoms with Crippen LogP contribution in [0.5, 0.6) is 0 Å². The molecule has 3 rings (SSSR count). The summed E-state index contributed by atoms with van der Waals surface area (Å²) < 4.78 is 0. The number of aromatic nitrogens is 1. The second-order valence-electron chi connectivity index (χ2n) is 5.15. The van der Waals surface area contributed by atoms with Crippen LogP contribution >= 0.6 is 11.6 Å². The Bertz CT molecular complexity index is 860. The zero-order valence-corrected chi connectivity index (χ0v) is 12.8. The molecular weight excluding hydrogens is 316 g/mol. The molecule has 6 heteroatoms. The van der Waals surface area contributed by atoms with E-state index in [4.69, 9.17) is 16.7 Å². The topological polar surface area (TPSA) is 85.3 Å². The summed E-state index contributed by atoms with van der Waals surface area (Å²) in [5, 5.41) is 23.1. The van der Waals surface area contributed by atoms with Gasteiger partial charge in [0, 0.05) is 27.2 Å². The first-order chi connectivity index (χ1) is 11.1. The largest absolute Gasteiger partial charge is 0.393 e. The van der Waals surface area contributed by atoms with Crippen LogP contribution in [0.15, 0.2) is 48.5 Å². The molecule has 0 bridgehead atoms. The fourth-order valence-electron chi connectivity index (χ4n) is 2.42. The summed E-state index contributed by atoms with van der Waals surface area (Å²) in [5.74, 6) is -0.338. The number of aliphatic hydroxyl groups excluding tert-OH is 2. The number of aromatic amines is 1. The lowest BCUT2D eigenvalue weighted by atomic mass is 10.1. The number of rotatable bonds is 4. The molecule has 118 valence electrons. The Morgan fingerprint density at radius 1 is 1.22 bits per heavy atom. The fraction of sp³-hybridized carbons (Fsp3) is 0.118. The van der Waals surface area contributed by atoms with Crippen molar-refractivity contribution in [2.45, 2.75) is 6.10 Å². The van der Waals surface area contributed by atoms with E-state index in [9.17, 15) is 9.90 Å². The van der Waals surface area contributed by atoms with Crippen molar-refractivity contribution in [2.24, 2.45) is 0 Å². The van der Waals surface area contributed by atoms with Gasteiger partial charge in [0.1, 0.15) is 11.8 Å². The Morgan fingerprint density at radius 3 is 2.78 bits per heavy atom. The monoisotopic (exact) mass is 330 g/mol. The van der Waals surface area contributed by atoms with Gasteiger partial charge in [-0.15, -0.1) is 0 Å². The molecule has 1 aromatic heterocycles. The minimum Gasteiger partial charge on any atom is -0.393 e. The van der Waals surface area contributed by atoms with Crippen molar-refractivity contribution >= 4 is 34.1 Å². The minimum atomic E-state index is -1.05. The van der Waals surface area contributed by atoms with Gasteiger partial charge in [0.15, 0.2) is 0 Å². The molecule has 0 aliphatic carbocycles. The Hall–Kier alpha value is -2.34. The fourth-order valence-corrected chi connectivity index (χ4v) is 2.60. The third-order valence-corrected chi connectivity index (χ3v) is 3.80.